The summed E-state index contributed by atoms with van der Waals surface area (Å²) in [5.74, 6) is 2.88. The molecule has 21 heavy (non-hydrogen) atoms. The lowest BCUT2D eigenvalue weighted by molar-refractivity contribution is 0.155. The minimum Gasteiger partial charge on any atom is -0.326 e. The van der Waals surface area contributed by atoms with Crippen molar-refractivity contribution in [1.82, 2.24) is 4.90 Å². The van der Waals surface area contributed by atoms with E-state index in [2.05, 4.69) is 24.9 Å². The highest BCUT2D eigenvalue weighted by Gasteiger charge is 2.40. The number of fused-ring (bicyclic) bond motifs is 2. The van der Waals surface area contributed by atoms with Crippen LogP contribution in [0.3, 0.4) is 0 Å². The first kappa shape index (κ1) is 15.8. The van der Waals surface area contributed by atoms with Gasteiger partial charge < -0.3 is 5.73 Å². The summed E-state index contributed by atoms with van der Waals surface area (Å²) in [5.41, 5.74) is 6.43. The number of rotatable bonds is 6. The number of nitrogens with zero attached hydrogens (tertiary/aromatic N) is 1. The van der Waals surface area contributed by atoms with Crippen LogP contribution >= 0.6 is 22.9 Å². The molecule has 0 spiro atoms. The monoisotopic (exact) mass is 326 g/mol. The van der Waals surface area contributed by atoms with Crippen LogP contribution < -0.4 is 5.73 Å². The minimum absolute atomic E-state index is 0.184. The van der Waals surface area contributed by atoms with Crippen molar-refractivity contribution < 1.29 is 0 Å². The lowest BCUT2D eigenvalue weighted by atomic mass is 9.88. The minimum atomic E-state index is 0.184. The summed E-state index contributed by atoms with van der Waals surface area (Å²) in [4.78, 5) is 3.82. The SMILES string of the molecule is CCC(N)C(c1ccc(Cl)s1)N(C)CC1CC2CCC1C2. The van der Waals surface area contributed by atoms with Crippen molar-refractivity contribution in [3.8, 4) is 0 Å². The van der Waals surface area contributed by atoms with Crippen LogP contribution in [0.1, 0.15) is 49.9 Å². The Morgan fingerprint density at radius 2 is 2.19 bits per heavy atom. The van der Waals surface area contributed by atoms with Gasteiger partial charge >= 0.3 is 0 Å². The van der Waals surface area contributed by atoms with Crippen molar-refractivity contribution in [3.05, 3.63) is 21.3 Å². The second-order valence-electron chi connectivity index (χ2n) is 7.03. The second kappa shape index (κ2) is 6.57. The molecule has 2 fully saturated rings. The zero-order valence-corrected chi connectivity index (χ0v) is 14.7. The molecule has 2 saturated carbocycles. The van der Waals surface area contributed by atoms with E-state index >= 15 is 0 Å². The number of halogens is 1. The van der Waals surface area contributed by atoms with E-state index in [1.165, 1.54) is 37.1 Å². The van der Waals surface area contributed by atoms with Gasteiger partial charge in [0, 0.05) is 17.5 Å². The molecule has 5 unspecified atom stereocenters. The molecule has 0 amide bonds. The van der Waals surface area contributed by atoms with Gasteiger partial charge in [-0.2, -0.15) is 0 Å². The maximum atomic E-state index is 6.43. The molecule has 2 nitrogen and oxygen atoms in total. The van der Waals surface area contributed by atoms with Crippen molar-refractivity contribution in [2.24, 2.45) is 23.5 Å². The van der Waals surface area contributed by atoms with Crippen molar-refractivity contribution in [3.63, 3.8) is 0 Å². The summed E-state index contributed by atoms with van der Waals surface area (Å²) < 4.78 is 0.867. The number of hydrogen-bond acceptors (Lipinski definition) is 3. The number of hydrogen-bond donors (Lipinski definition) is 1. The Morgan fingerprint density at radius 3 is 2.71 bits per heavy atom. The van der Waals surface area contributed by atoms with E-state index in [0.717, 1.165) is 28.5 Å². The first-order valence-corrected chi connectivity index (χ1v) is 9.49. The molecule has 3 rings (SSSR count). The smallest absolute Gasteiger partial charge is 0.0931 e. The fourth-order valence-corrected chi connectivity index (χ4v) is 5.85. The summed E-state index contributed by atoms with van der Waals surface area (Å²) >= 11 is 7.82. The van der Waals surface area contributed by atoms with Crippen LogP contribution in [0.25, 0.3) is 0 Å². The Labute approximate surface area is 137 Å². The van der Waals surface area contributed by atoms with Gasteiger partial charge in [0.05, 0.1) is 10.4 Å². The fourth-order valence-electron chi connectivity index (χ4n) is 4.55. The highest BCUT2D eigenvalue weighted by molar-refractivity contribution is 7.16. The van der Waals surface area contributed by atoms with Gasteiger partial charge in [-0.3, -0.25) is 4.90 Å². The van der Waals surface area contributed by atoms with Crippen molar-refractivity contribution >= 4 is 22.9 Å². The molecular formula is C17H27ClN2S. The zero-order chi connectivity index (χ0) is 15.0. The van der Waals surface area contributed by atoms with Gasteiger partial charge in [-0.05, 0) is 62.6 Å². The summed E-state index contributed by atoms with van der Waals surface area (Å²) in [6.07, 6.45) is 6.85. The highest BCUT2D eigenvalue weighted by Crippen LogP contribution is 2.49. The Balaban J connectivity index is 1.70. The molecule has 2 bridgehead atoms. The highest BCUT2D eigenvalue weighted by atomic mass is 35.5. The van der Waals surface area contributed by atoms with Crippen molar-refractivity contribution in [1.29, 1.82) is 0 Å². The molecule has 118 valence electrons. The van der Waals surface area contributed by atoms with Crippen LogP contribution in [-0.4, -0.2) is 24.5 Å². The Morgan fingerprint density at radius 1 is 1.38 bits per heavy atom. The third-order valence-corrected chi connectivity index (χ3v) is 6.95. The average molecular weight is 327 g/mol. The van der Waals surface area contributed by atoms with Gasteiger partial charge in [-0.25, -0.2) is 0 Å². The van der Waals surface area contributed by atoms with Crippen molar-refractivity contribution in [2.75, 3.05) is 13.6 Å². The van der Waals surface area contributed by atoms with E-state index in [0.29, 0.717) is 6.04 Å². The maximum absolute atomic E-state index is 6.43. The number of nitrogens with two attached hydrogens (primary N) is 1. The van der Waals surface area contributed by atoms with Crippen LogP contribution in [0.5, 0.6) is 0 Å². The van der Waals surface area contributed by atoms with Crippen LogP contribution in [0, 0.1) is 17.8 Å². The molecule has 2 N–H and O–H groups in total. The molecule has 1 aromatic rings. The predicted octanol–water partition coefficient (Wildman–Crippen LogP) is 4.55. The van der Waals surface area contributed by atoms with Gasteiger partial charge in [-0.1, -0.05) is 24.9 Å². The van der Waals surface area contributed by atoms with Gasteiger partial charge in [0.1, 0.15) is 0 Å². The van der Waals surface area contributed by atoms with Crippen LogP contribution in [0.2, 0.25) is 4.34 Å². The predicted molar refractivity (Wildman–Crippen MR) is 91.9 cm³/mol. The summed E-state index contributed by atoms with van der Waals surface area (Å²) in [5, 5.41) is 0. The topological polar surface area (TPSA) is 29.3 Å². The molecule has 1 heterocycles. The number of thiophene rings is 1. The van der Waals surface area contributed by atoms with Gasteiger partial charge in [-0.15, -0.1) is 11.3 Å². The van der Waals surface area contributed by atoms with E-state index in [9.17, 15) is 0 Å². The summed E-state index contributed by atoms with van der Waals surface area (Å²) in [7, 11) is 2.25. The van der Waals surface area contributed by atoms with E-state index in [-0.39, 0.29) is 6.04 Å². The van der Waals surface area contributed by atoms with E-state index < -0.39 is 0 Å². The zero-order valence-electron chi connectivity index (χ0n) is 13.1. The Kier molecular flexibility index (Phi) is 4.94. The summed E-state index contributed by atoms with van der Waals surface area (Å²) in [6.45, 7) is 3.37. The molecule has 1 aromatic heterocycles. The normalized spacial score (nSPS) is 31.0. The summed E-state index contributed by atoms with van der Waals surface area (Å²) in [6, 6.07) is 4.65. The lowest BCUT2D eigenvalue weighted by Crippen LogP contribution is -2.41. The third-order valence-electron chi connectivity index (χ3n) is 5.64. The first-order chi connectivity index (χ1) is 10.1. The molecule has 0 aromatic carbocycles. The van der Waals surface area contributed by atoms with Crippen LogP contribution in [0.15, 0.2) is 12.1 Å². The number of likely N-dealkylation sites (N-methyl/N-ethyl adjacent to an activating group) is 1. The molecule has 0 aliphatic heterocycles. The largest absolute Gasteiger partial charge is 0.326 e. The van der Waals surface area contributed by atoms with E-state index in [4.69, 9.17) is 17.3 Å². The quantitative estimate of drug-likeness (QED) is 0.831. The maximum Gasteiger partial charge on any atom is 0.0931 e. The molecular weight excluding hydrogens is 300 g/mol. The molecule has 0 radical (unpaired) electrons. The molecule has 2 aliphatic carbocycles. The lowest BCUT2D eigenvalue weighted by Gasteiger charge is -2.35. The fraction of sp³-hybridized carbons (Fsp3) is 0.765. The Bertz CT molecular complexity index is 475. The molecule has 0 saturated heterocycles. The molecule has 2 aliphatic rings. The molecule has 4 heteroatoms. The van der Waals surface area contributed by atoms with Crippen molar-refractivity contribution in [2.45, 2.75) is 51.1 Å². The van der Waals surface area contributed by atoms with Crippen LogP contribution in [0.4, 0.5) is 0 Å². The van der Waals surface area contributed by atoms with Gasteiger partial charge in [0.15, 0.2) is 0 Å². The van der Waals surface area contributed by atoms with E-state index in [1.54, 1.807) is 11.3 Å². The average Bonchev–Trinajstić information content (AvgIpc) is 3.16. The third kappa shape index (κ3) is 3.31. The Hall–Kier alpha value is -0.0900. The van der Waals surface area contributed by atoms with Gasteiger partial charge in [0.25, 0.3) is 0 Å². The van der Waals surface area contributed by atoms with E-state index in [1.807, 2.05) is 6.07 Å². The standard InChI is InChI=1S/C17H27ClN2S/c1-3-14(19)17(15-6-7-16(18)21-15)20(2)10-13-9-11-4-5-12(13)8-11/h6-7,11-14,17H,3-5,8-10,19H2,1-2H3. The first-order valence-electron chi connectivity index (χ1n) is 8.29. The van der Waals surface area contributed by atoms with Gasteiger partial charge in [0.2, 0.25) is 0 Å². The molecule has 5 atom stereocenters. The van der Waals surface area contributed by atoms with Crippen LogP contribution in [-0.2, 0) is 0 Å². The second-order valence-corrected chi connectivity index (χ2v) is 8.78.